The fraction of sp³-hybridized carbons (Fsp3) is 0.455. The molecule has 0 spiro atoms. The molecule has 2 aromatic rings. The summed E-state index contributed by atoms with van der Waals surface area (Å²) in [7, 11) is 0. The standard InChI is InChI=1S/C22H25F3O2/c1-3-5-14-6-9-17(22(25)21(14)24)15-7-10-18(19(23)12-15)20-11-8-16(13-27-20)26-4-2/h6-7,9-10,12,16,20H,3-5,8,11,13H2,1-2H3. The van der Waals surface area contributed by atoms with Gasteiger partial charge in [-0.1, -0.05) is 37.6 Å². The highest BCUT2D eigenvalue weighted by Gasteiger charge is 2.25. The van der Waals surface area contributed by atoms with E-state index >= 15 is 0 Å². The van der Waals surface area contributed by atoms with Gasteiger partial charge in [-0.05, 0) is 43.4 Å². The third-order valence-electron chi connectivity index (χ3n) is 4.98. The number of halogens is 3. The second-order valence-corrected chi connectivity index (χ2v) is 6.86. The molecule has 5 heteroatoms. The minimum absolute atomic E-state index is 0.0484. The Bertz CT molecular complexity index is 783. The number of ether oxygens (including phenoxy) is 2. The van der Waals surface area contributed by atoms with E-state index in [9.17, 15) is 13.2 Å². The lowest BCUT2D eigenvalue weighted by Gasteiger charge is -2.29. The Labute approximate surface area is 158 Å². The summed E-state index contributed by atoms with van der Waals surface area (Å²) in [6.45, 7) is 4.89. The van der Waals surface area contributed by atoms with Gasteiger partial charge in [0.2, 0.25) is 0 Å². The molecule has 2 nitrogen and oxygen atoms in total. The zero-order valence-corrected chi connectivity index (χ0v) is 15.7. The first-order valence-electron chi connectivity index (χ1n) is 9.55. The first-order chi connectivity index (χ1) is 13.0. The average Bonchev–Trinajstić information content (AvgIpc) is 2.67. The quantitative estimate of drug-likeness (QED) is 0.616. The lowest BCUT2D eigenvalue weighted by Crippen LogP contribution is -2.27. The Balaban J connectivity index is 1.80. The molecule has 0 amide bonds. The molecule has 2 unspecified atom stereocenters. The van der Waals surface area contributed by atoms with Gasteiger partial charge in [-0.25, -0.2) is 13.2 Å². The summed E-state index contributed by atoms with van der Waals surface area (Å²) in [5.41, 5.74) is 1.17. The molecule has 146 valence electrons. The number of hydrogen-bond donors (Lipinski definition) is 0. The third kappa shape index (κ3) is 4.36. The van der Waals surface area contributed by atoms with Crippen molar-refractivity contribution in [1.29, 1.82) is 0 Å². The van der Waals surface area contributed by atoms with Crippen LogP contribution in [0.15, 0.2) is 30.3 Å². The summed E-state index contributed by atoms with van der Waals surface area (Å²) in [6, 6.07) is 7.56. The Morgan fingerprint density at radius 1 is 1.04 bits per heavy atom. The maximum Gasteiger partial charge on any atom is 0.166 e. The molecule has 27 heavy (non-hydrogen) atoms. The van der Waals surface area contributed by atoms with Crippen molar-refractivity contribution in [2.75, 3.05) is 13.2 Å². The monoisotopic (exact) mass is 378 g/mol. The highest BCUT2D eigenvalue weighted by Crippen LogP contribution is 2.34. The van der Waals surface area contributed by atoms with Crippen molar-refractivity contribution in [1.82, 2.24) is 0 Å². The van der Waals surface area contributed by atoms with E-state index in [0.717, 1.165) is 12.8 Å². The van der Waals surface area contributed by atoms with Crippen molar-refractivity contribution in [3.63, 3.8) is 0 Å². The van der Waals surface area contributed by atoms with Crippen molar-refractivity contribution in [2.24, 2.45) is 0 Å². The minimum Gasteiger partial charge on any atom is -0.376 e. The fourth-order valence-corrected chi connectivity index (χ4v) is 3.57. The number of rotatable bonds is 6. The van der Waals surface area contributed by atoms with E-state index in [1.807, 2.05) is 13.8 Å². The van der Waals surface area contributed by atoms with E-state index in [1.165, 1.54) is 12.1 Å². The van der Waals surface area contributed by atoms with Crippen LogP contribution in [-0.2, 0) is 15.9 Å². The second-order valence-electron chi connectivity index (χ2n) is 6.86. The lowest BCUT2D eigenvalue weighted by atomic mass is 9.95. The molecule has 1 aliphatic rings. The van der Waals surface area contributed by atoms with Gasteiger partial charge in [0.25, 0.3) is 0 Å². The summed E-state index contributed by atoms with van der Waals surface area (Å²) >= 11 is 0. The van der Waals surface area contributed by atoms with Crippen LogP contribution in [0.4, 0.5) is 13.2 Å². The molecule has 2 aromatic carbocycles. The highest BCUT2D eigenvalue weighted by molar-refractivity contribution is 5.65. The van der Waals surface area contributed by atoms with Crippen LogP contribution in [0.25, 0.3) is 11.1 Å². The molecule has 1 aliphatic heterocycles. The van der Waals surface area contributed by atoms with Gasteiger partial charge >= 0.3 is 0 Å². The molecule has 0 aromatic heterocycles. The predicted molar refractivity (Wildman–Crippen MR) is 99.1 cm³/mol. The van der Waals surface area contributed by atoms with Crippen LogP contribution in [0.5, 0.6) is 0 Å². The van der Waals surface area contributed by atoms with Gasteiger partial charge in [-0.15, -0.1) is 0 Å². The normalized spacial score (nSPS) is 20.0. The third-order valence-corrected chi connectivity index (χ3v) is 4.98. The number of benzene rings is 2. The fourth-order valence-electron chi connectivity index (χ4n) is 3.57. The Kier molecular flexibility index (Phi) is 6.55. The molecule has 1 fully saturated rings. The van der Waals surface area contributed by atoms with Crippen LogP contribution in [-0.4, -0.2) is 19.3 Å². The highest BCUT2D eigenvalue weighted by atomic mass is 19.2. The van der Waals surface area contributed by atoms with E-state index in [0.29, 0.717) is 42.7 Å². The van der Waals surface area contributed by atoms with Crippen LogP contribution >= 0.6 is 0 Å². The SMILES string of the molecule is CCCc1ccc(-c2ccc(C3CCC(OCC)CO3)c(F)c2)c(F)c1F. The molecule has 0 bridgehead atoms. The van der Waals surface area contributed by atoms with Gasteiger partial charge in [0.05, 0.1) is 18.8 Å². The van der Waals surface area contributed by atoms with Crippen molar-refractivity contribution in [3.8, 4) is 11.1 Å². The second kappa shape index (κ2) is 8.89. The Hall–Kier alpha value is -1.85. The first-order valence-corrected chi connectivity index (χ1v) is 9.55. The zero-order chi connectivity index (χ0) is 19.4. The maximum atomic E-state index is 14.7. The van der Waals surface area contributed by atoms with Crippen LogP contribution < -0.4 is 0 Å². The van der Waals surface area contributed by atoms with Crippen LogP contribution in [0.1, 0.15) is 50.3 Å². The summed E-state index contributed by atoms with van der Waals surface area (Å²) in [5, 5.41) is 0. The Morgan fingerprint density at radius 2 is 1.85 bits per heavy atom. The zero-order valence-electron chi connectivity index (χ0n) is 15.7. The topological polar surface area (TPSA) is 18.5 Å². The summed E-state index contributed by atoms with van der Waals surface area (Å²) < 4.78 is 54.6. The van der Waals surface area contributed by atoms with Crippen molar-refractivity contribution < 1.29 is 22.6 Å². The van der Waals surface area contributed by atoms with E-state index in [4.69, 9.17) is 9.47 Å². The molecule has 2 atom stereocenters. The van der Waals surface area contributed by atoms with E-state index in [1.54, 1.807) is 18.2 Å². The molecule has 3 rings (SSSR count). The lowest BCUT2D eigenvalue weighted by molar-refractivity contribution is -0.0849. The average molecular weight is 378 g/mol. The summed E-state index contributed by atoms with van der Waals surface area (Å²) in [4.78, 5) is 0. The summed E-state index contributed by atoms with van der Waals surface area (Å²) in [5.74, 6) is -2.25. The van der Waals surface area contributed by atoms with Crippen LogP contribution in [0, 0.1) is 17.5 Å². The molecule has 1 heterocycles. The van der Waals surface area contributed by atoms with Crippen molar-refractivity contribution >= 4 is 0 Å². The number of hydrogen-bond acceptors (Lipinski definition) is 2. The predicted octanol–water partition coefficient (Wildman–Crippen LogP) is 5.98. The van der Waals surface area contributed by atoms with E-state index < -0.39 is 17.5 Å². The molecule has 0 aliphatic carbocycles. The van der Waals surface area contributed by atoms with Gasteiger partial charge < -0.3 is 9.47 Å². The summed E-state index contributed by atoms with van der Waals surface area (Å²) in [6.07, 6.45) is 2.37. The van der Waals surface area contributed by atoms with Crippen molar-refractivity contribution in [2.45, 2.75) is 51.7 Å². The number of aryl methyl sites for hydroxylation is 1. The molecule has 0 saturated carbocycles. The molecular weight excluding hydrogens is 353 g/mol. The molecule has 0 N–H and O–H groups in total. The van der Waals surface area contributed by atoms with Crippen LogP contribution in [0.2, 0.25) is 0 Å². The van der Waals surface area contributed by atoms with Gasteiger partial charge in [-0.2, -0.15) is 0 Å². The van der Waals surface area contributed by atoms with Gasteiger partial charge in [0.1, 0.15) is 5.82 Å². The van der Waals surface area contributed by atoms with Gasteiger partial charge in [0, 0.05) is 17.7 Å². The van der Waals surface area contributed by atoms with Gasteiger partial charge in [0.15, 0.2) is 11.6 Å². The molecule has 0 radical (unpaired) electrons. The first kappa shape index (κ1) is 19.9. The smallest absolute Gasteiger partial charge is 0.166 e. The largest absolute Gasteiger partial charge is 0.376 e. The van der Waals surface area contributed by atoms with Crippen LogP contribution in [0.3, 0.4) is 0 Å². The van der Waals surface area contributed by atoms with E-state index in [2.05, 4.69) is 0 Å². The van der Waals surface area contributed by atoms with Crippen molar-refractivity contribution in [3.05, 3.63) is 58.9 Å². The Morgan fingerprint density at radius 3 is 2.48 bits per heavy atom. The molecule has 1 saturated heterocycles. The van der Waals surface area contributed by atoms with Gasteiger partial charge in [-0.3, -0.25) is 0 Å². The molecular formula is C22H25F3O2. The van der Waals surface area contributed by atoms with E-state index in [-0.39, 0.29) is 17.8 Å². The maximum absolute atomic E-state index is 14.7. The minimum atomic E-state index is -0.929.